The van der Waals surface area contributed by atoms with Crippen molar-refractivity contribution in [2.75, 3.05) is 13.1 Å². The minimum Gasteiger partial charge on any atom is -0.355 e. The second kappa shape index (κ2) is 6.69. The number of rotatable bonds is 4. The van der Waals surface area contributed by atoms with Crippen LogP contribution in [0.4, 0.5) is 0 Å². The van der Waals surface area contributed by atoms with Crippen LogP contribution in [0.2, 0.25) is 5.02 Å². The third-order valence-corrected chi connectivity index (χ3v) is 4.45. The quantitative estimate of drug-likeness (QED) is 0.836. The molecule has 0 saturated carbocycles. The molecule has 5 heteroatoms. The molecule has 22 heavy (non-hydrogen) atoms. The Hall–Kier alpha value is -1.55. The zero-order valence-electron chi connectivity index (χ0n) is 13.3. The number of amides is 2. The van der Waals surface area contributed by atoms with Gasteiger partial charge in [0, 0.05) is 24.0 Å². The lowest BCUT2D eigenvalue weighted by molar-refractivity contribution is -0.135. The number of carbonyl (C=O) groups is 2. The molecular weight excluding hydrogens is 300 g/mol. The van der Waals surface area contributed by atoms with Gasteiger partial charge in [-0.2, -0.15) is 0 Å². The fraction of sp³-hybridized carbons (Fsp3) is 0.529. The van der Waals surface area contributed by atoms with Crippen molar-refractivity contribution in [2.45, 2.75) is 27.2 Å². The molecule has 120 valence electrons. The summed E-state index contributed by atoms with van der Waals surface area (Å²) in [5, 5.41) is 6.39. The molecule has 1 fully saturated rings. The molecule has 0 bridgehead atoms. The molecule has 2 amide bonds. The Morgan fingerprint density at radius 2 is 1.95 bits per heavy atom. The summed E-state index contributed by atoms with van der Waals surface area (Å²) in [5.41, 5.74) is 1.02. The van der Waals surface area contributed by atoms with Crippen LogP contribution in [0.25, 0.3) is 0 Å². The van der Waals surface area contributed by atoms with Gasteiger partial charge < -0.3 is 10.6 Å². The van der Waals surface area contributed by atoms with Crippen LogP contribution >= 0.6 is 11.6 Å². The van der Waals surface area contributed by atoms with E-state index < -0.39 is 5.92 Å². The number of benzene rings is 1. The second-order valence-electron chi connectivity index (χ2n) is 6.86. The Morgan fingerprint density at radius 3 is 2.55 bits per heavy atom. The van der Waals surface area contributed by atoms with E-state index in [1.165, 1.54) is 0 Å². The van der Waals surface area contributed by atoms with Crippen molar-refractivity contribution in [1.29, 1.82) is 0 Å². The van der Waals surface area contributed by atoms with Crippen molar-refractivity contribution in [2.24, 2.45) is 17.3 Å². The lowest BCUT2D eigenvalue weighted by Gasteiger charge is -2.29. The van der Waals surface area contributed by atoms with Crippen LogP contribution in [0.3, 0.4) is 0 Å². The standard InChI is InChI=1S/C17H23ClN2O2/c1-17(2,3)13-10-20-16(22)14(13)15(21)19-9-8-11-4-6-12(18)7-5-11/h4-7,13-14H,8-10H2,1-3H3,(H,19,21)(H,20,22)/t13-,14-/m0/s1. The lowest BCUT2D eigenvalue weighted by Crippen LogP contribution is -2.41. The van der Waals surface area contributed by atoms with Crippen molar-refractivity contribution in [3.8, 4) is 0 Å². The maximum atomic E-state index is 12.4. The maximum Gasteiger partial charge on any atom is 0.232 e. The molecule has 0 unspecified atom stereocenters. The summed E-state index contributed by atoms with van der Waals surface area (Å²) in [6, 6.07) is 7.54. The number of hydrogen-bond acceptors (Lipinski definition) is 2. The van der Waals surface area contributed by atoms with Gasteiger partial charge in [0.2, 0.25) is 11.8 Å². The predicted octanol–water partition coefficient (Wildman–Crippen LogP) is 2.41. The van der Waals surface area contributed by atoms with Crippen LogP contribution in [0, 0.1) is 17.3 Å². The average molecular weight is 323 g/mol. The maximum absolute atomic E-state index is 12.4. The molecule has 1 aliphatic rings. The van der Waals surface area contributed by atoms with Crippen LogP contribution < -0.4 is 10.6 Å². The molecular formula is C17H23ClN2O2. The lowest BCUT2D eigenvalue weighted by atomic mass is 9.74. The van der Waals surface area contributed by atoms with E-state index in [0.717, 1.165) is 12.0 Å². The third-order valence-electron chi connectivity index (χ3n) is 4.20. The summed E-state index contributed by atoms with van der Waals surface area (Å²) in [6.45, 7) is 7.27. The van der Waals surface area contributed by atoms with E-state index in [2.05, 4.69) is 31.4 Å². The molecule has 0 aromatic heterocycles. The van der Waals surface area contributed by atoms with E-state index in [9.17, 15) is 9.59 Å². The van der Waals surface area contributed by atoms with Gasteiger partial charge in [0.1, 0.15) is 5.92 Å². The highest BCUT2D eigenvalue weighted by Gasteiger charge is 2.45. The summed E-state index contributed by atoms with van der Waals surface area (Å²) < 4.78 is 0. The summed E-state index contributed by atoms with van der Waals surface area (Å²) in [7, 11) is 0. The summed E-state index contributed by atoms with van der Waals surface area (Å²) in [4.78, 5) is 24.3. The van der Waals surface area contributed by atoms with Crippen LogP contribution in [0.5, 0.6) is 0 Å². The minimum atomic E-state index is -0.592. The molecule has 1 aliphatic heterocycles. The Morgan fingerprint density at radius 1 is 1.32 bits per heavy atom. The first-order valence-electron chi connectivity index (χ1n) is 7.59. The summed E-state index contributed by atoms with van der Waals surface area (Å²) >= 11 is 5.84. The number of carbonyl (C=O) groups excluding carboxylic acids is 2. The Bertz CT molecular complexity index is 549. The van der Waals surface area contributed by atoms with E-state index >= 15 is 0 Å². The Labute approximate surface area is 136 Å². The van der Waals surface area contributed by atoms with Crippen LogP contribution in [0.15, 0.2) is 24.3 Å². The normalized spacial score (nSPS) is 21.5. The van der Waals surface area contributed by atoms with Crippen molar-refractivity contribution < 1.29 is 9.59 Å². The zero-order chi connectivity index (χ0) is 16.3. The van der Waals surface area contributed by atoms with Crippen molar-refractivity contribution in [3.63, 3.8) is 0 Å². The molecule has 2 N–H and O–H groups in total. The highest BCUT2D eigenvalue weighted by molar-refractivity contribution is 6.30. The first kappa shape index (κ1) is 16.8. The van der Waals surface area contributed by atoms with Crippen molar-refractivity contribution in [3.05, 3.63) is 34.9 Å². The molecule has 2 atom stereocenters. The molecule has 0 aliphatic carbocycles. The SMILES string of the molecule is CC(C)(C)[C@H]1CNC(=O)[C@@H]1C(=O)NCCc1ccc(Cl)cc1. The van der Waals surface area contributed by atoms with Gasteiger partial charge >= 0.3 is 0 Å². The molecule has 1 saturated heterocycles. The average Bonchev–Trinajstić information content (AvgIpc) is 2.83. The first-order chi connectivity index (χ1) is 10.3. The molecule has 1 aromatic rings. The summed E-state index contributed by atoms with van der Waals surface area (Å²) in [6.07, 6.45) is 0.720. The second-order valence-corrected chi connectivity index (χ2v) is 7.30. The van der Waals surface area contributed by atoms with Crippen LogP contribution in [-0.2, 0) is 16.0 Å². The number of nitrogens with one attached hydrogen (secondary N) is 2. The van der Waals surface area contributed by atoms with Gasteiger partial charge in [0.05, 0.1) is 0 Å². The highest BCUT2D eigenvalue weighted by atomic mass is 35.5. The third kappa shape index (κ3) is 4.01. The predicted molar refractivity (Wildman–Crippen MR) is 87.6 cm³/mol. The molecule has 1 heterocycles. The van der Waals surface area contributed by atoms with Gasteiger partial charge in [-0.05, 0) is 29.5 Å². The fourth-order valence-electron chi connectivity index (χ4n) is 2.82. The van der Waals surface area contributed by atoms with Gasteiger partial charge in [0.15, 0.2) is 0 Å². The van der Waals surface area contributed by atoms with E-state index in [-0.39, 0.29) is 23.1 Å². The van der Waals surface area contributed by atoms with Crippen LogP contribution in [-0.4, -0.2) is 24.9 Å². The smallest absolute Gasteiger partial charge is 0.232 e. The van der Waals surface area contributed by atoms with Crippen molar-refractivity contribution >= 4 is 23.4 Å². The van der Waals surface area contributed by atoms with Gasteiger partial charge in [-0.25, -0.2) is 0 Å². The van der Waals surface area contributed by atoms with E-state index in [1.54, 1.807) is 0 Å². The zero-order valence-corrected chi connectivity index (χ0v) is 14.0. The fourth-order valence-corrected chi connectivity index (χ4v) is 2.95. The van der Waals surface area contributed by atoms with Crippen molar-refractivity contribution in [1.82, 2.24) is 10.6 Å². The highest BCUT2D eigenvalue weighted by Crippen LogP contribution is 2.35. The molecule has 1 aromatic carbocycles. The van der Waals surface area contributed by atoms with Gasteiger partial charge in [-0.3, -0.25) is 9.59 Å². The minimum absolute atomic E-state index is 0.0236. The number of hydrogen-bond donors (Lipinski definition) is 2. The number of halogens is 1. The molecule has 2 rings (SSSR count). The van der Waals surface area contributed by atoms with Gasteiger partial charge in [-0.15, -0.1) is 0 Å². The monoisotopic (exact) mass is 322 g/mol. The largest absolute Gasteiger partial charge is 0.355 e. The Kier molecular flexibility index (Phi) is 5.12. The molecule has 0 spiro atoms. The molecule has 4 nitrogen and oxygen atoms in total. The van der Waals surface area contributed by atoms with E-state index in [0.29, 0.717) is 18.1 Å². The van der Waals surface area contributed by atoms with E-state index in [4.69, 9.17) is 11.6 Å². The van der Waals surface area contributed by atoms with E-state index in [1.807, 2.05) is 24.3 Å². The van der Waals surface area contributed by atoms with Crippen LogP contribution in [0.1, 0.15) is 26.3 Å². The van der Waals surface area contributed by atoms with Gasteiger partial charge in [0.25, 0.3) is 0 Å². The Balaban J connectivity index is 1.91. The molecule has 0 radical (unpaired) electrons. The first-order valence-corrected chi connectivity index (χ1v) is 7.96. The topological polar surface area (TPSA) is 58.2 Å². The summed E-state index contributed by atoms with van der Waals surface area (Å²) in [5.74, 6) is -0.909. The van der Waals surface area contributed by atoms with Gasteiger partial charge in [-0.1, -0.05) is 44.5 Å².